The topological polar surface area (TPSA) is 111 Å². The summed E-state index contributed by atoms with van der Waals surface area (Å²) in [7, 11) is 1.23. The Kier molecular flexibility index (Phi) is 5.59. The molecule has 0 aliphatic heterocycles. The van der Waals surface area contributed by atoms with E-state index in [0.29, 0.717) is 5.69 Å². The first-order valence-corrected chi connectivity index (χ1v) is 5.57. The molecule has 0 saturated carbocycles. The maximum Gasteiger partial charge on any atom is 0.325 e. The third-order valence-electron chi connectivity index (χ3n) is 2.21. The van der Waals surface area contributed by atoms with E-state index in [-0.39, 0.29) is 17.9 Å². The van der Waals surface area contributed by atoms with Gasteiger partial charge in [-0.05, 0) is 24.3 Å². The van der Waals surface area contributed by atoms with Crippen molar-refractivity contribution in [1.29, 1.82) is 5.26 Å². The average molecular weight is 275 g/mol. The molecule has 104 valence electrons. The number of ether oxygens (including phenoxy) is 1. The summed E-state index contributed by atoms with van der Waals surface area (Å²) < 4.78 is 4.40. The van der Waals surface area contributed by atoms with Crippen LogP contribution in [-0.2, 0) is 14.3 Å². The molecule has 1 aromatic rings. The zero-order valence-electron chi connectivity index (χ0n) is 10.7. The lowest BCUT2D eigenvalue weighted by molar-refractivity contribution is -0.139. The number of carbonyl (C=O) groups is 2. The van der Waals surface area contributed by atoms with E-state index in [9.17, 15) is 9.59 Å². The number of aromatic hydroxyl groups is 1. The van der Waals surface area contributed by atoms with Crippen LogP contribution in [0.5, 0.6) is 5.75 Å². The van der Waals surface area contributed by atoms with Gasteiger partial charge >= 0.3 is 5.97 Å². The summed E-state index contributed by atoms with van der Waals surface area (Å²) in [5.41, 5.74) is 0.240. The second-order valence-electron chi connectivity index (χ2n) is 3.63. The number of carbonyl (C=O) groups excluding carboxylic acids is 2. The van der Waals surface area contributed by atoms with Crippen LogP contribution >= 0.6 is 0 Å². The summed E-state index contributed by atoms with van der Waals surface area (Å²) in [6.45, 7) is -0.145. The van der Waals surface area contributed by atoms with E-state index in [2.05, 4.69) is 15.4 Å². The molecule has 0 aliphatic rings. The average Bonchev–Trinajstić information content (AvgIpc) is 2.45. The number of anilines is 1. The van der Waals surface area contributed by atoms with Crippen molar-refractivity contribution in [1.82, 2.24) is 5.32 Å². The highest BCUT2D eigenvalue weighted by molar-refractivity contribution is 6.06. The predicted molar refractivity (Wildman–Crippen MR) is 70.5 cm³/mol. The second kappa shape index (κ2) is 7.43. The van der Waals surface area contributed by atoms with Crippen molar-refractivity contribution in [3.05, 3.63) is 36.0 Å². The molecule has 0 spiro atoms. The summed E-state index contributed by atoms with van der Waals surface area (Å²) in [6, 6.07) is 7.50. The number of nitriles is 1. The van der Waals surface area contributed by atoms with Crippen LogP contribution in [0.2, 0.25) is 0 Å². The first kappa shape index (κ1) is 15.0. The molecule has 0 saturated heterocycles. The Bertz CT molecular complexity index is 558. The molecular formula is C13H13N3O4. The zero-order valence-corrected chi connectivity index (χ0v) is 10.7. The highest BCUT2D eigenvalue weighted by Gasteiger charge is 2.09. The van der Waals surface area contributed by atoms with Crippen molar-refractivity contribution in [2.75, 3.05) is 19.0 Å². The number of rotatable bonds is 5. The molecule has 20 heavy (non-hydrogen) atoms. The molecule has 0 bridgehead atoms. The van der Waals surface area contributed by atoms with Gasteiger partial charge in [-0.2, -0.15) is 5.26 Å². The van der Waals surface area contributed by atoms with Gasteiger partial charge in [0.15, 0.2) is 0 Å². The molecule has 7 heteroatoms. The Morgan fingerprint density at radius 3 is 2.60 bits per heavy atom. The Labute approximate surface area is 115 Å². The van der Waals surface area contributed by atoms with Crippen molar-refractivity contribution < 1.29 is 19.4 Å². The van der Waals surface area contributed by atoms with E-state index in [1.807, 2.05) is 0 Å². The lowest BCUT2D eigenvalue weighted by Crippen LogP contribution is -2.22. The van der Waals surface area contributed by atoms with Gasteiger partial charge in [-0.25, -0.2) is 0 Å². The number of nitrogens with one attached hydrogen (secondary N) is 2. The highest BCUT2D eigenvalue weighted by Crippen LogP contribution is 2.14. The number of benzene rings is 1. The van der Waals surface area contributed by atoms with Gasteiger partial charge in [-0.3, -0.25) is 9.59 Å². The molecule has 0 unspecified atom stereocenters. The molecule has 0 atom stereocenters. The summed E-state index contributed by atoms with van der Waals surface area (Å²) in [5.74, 6) is -1.08. The Morgan fingerprint density at radius 2 is 2.05 bits per heavy atom. The number of hydrogen-bond donors (Lipinski definition) is 3. The van der Waals surface area contributed by atoms with Crippen molar-refractivity contribution >= 4 is 17.6 Å². The number of amides is 1. The quantitative estimate of drug-likeness (QED) is 0.312. The summed E-state index contributed by atoms with van der Waals surface area (Å²) in [6.07, 6.45) is 1.13. The molecule has 0 aliphatic carbocycles. The van der Waals surface area contributed by atoms with Gasteiger partial charge in [-0.15, -0.1) is 0 Å². The van der Waals surface area contributed by atoms with E-state index in [0.717, 1.165) is 6.20 Å². The van der Waals surface area contributed by atoms with E-state index in [1.54, 1.807) is 6.07 Å². The number of phenols is 1. The van der Waals surface area contributed by atoms with Gasteiger partial charge in [0.05, 0.1) is 7.11 Å². The molecule has 1 amide bonds. The second-order valence-corrected chi connectivity index (χ2v) is 3.63. The Morgan fingerprint density at radius 1 is 1.40 bits per heavy atom. The molecule has 1 aromatic carbocycles. The minimum atomic E-state index is -0.629. The summed E-state index contributed by atoms with van der Waals surface area (Å²) >= 11 is 0. The largest absolute Gasteiger partial charge is 0.508 e. The molecule has 1 rings (SSSR count). The lowest BCUT2D eigenvalue weighted by Gasteiger charge is -2.04. The van der Waals surface area contributed by atoms with Crippen molar-refractivity contribution in [2.24, 2.45) is 0 Å². The maximum atomic E-state index is 11.8. The van der Waals surface area contributed by atoms with Crippen molar-refractivity contribution in [2.45, 2.75) is 0 Å². The van der Waals surface area contributed by atoms with Gasteiger partial charge in [-0.1, -0.05) is 0 Å². The number of methoxy groups -OCH3 is 1. The summed E-state index contributed by atoms with van der Waals surface area (Å²) in [4.78, 5) is 22.6. The first-order valence-electron chi connectivity index (χ1n) is 5.57. The van der Waals surface area contributed by atoms with Gasteiger partial charge in [0.25, 0.3) is 5.91 Å². The van der Waals surface area contributed by atoms with E-state index in [4.69, 9.17) is 10.4 Å². The molecule has 0 radical (unpaired) electrons. The number of nitrogens with zero attached hydrogens (tertiary/aromatic N) is 1. The fourth-order valence-electron chi connectivity index (χ4n) is 1.20. The molecule has 0 aromatic heterocycles. The molecule has 7 nitrogen and oxygen atoms in total. The Balaban J connectivity index is 2.63. The fourth-order valence-corrected chi connectivity index (χ4v) is 1.20. The molecular weight excluding hydrogens is 262 g/mol. The zero-order chi connectivity index (χ0) is 15.0. The fraction of sp³-hybridized carbons (Fsp3) is 0.154. The van der Waals surface area contributed by atoms with Crippen LogP contribution < -0.4 is 10.6 Å². The maximum absolute atomic E-state index is 11.8. The summed E-state index contributed by atoms with van der Waals surface area (Å²) in [5, 5.41) is 23.0. The van der Waals surface area contributed by atoms with E-state index >= 15 is 0 Å². The van der Waals surface area contributed by atoms with Crippen LogP contribution in [0.15, 0.2) is 36.0 Å². The molecule has 3 N–H and O–H groups in total. The first-order chi connectivity index (χ1) is 9.56. The van der Waals surface area contributed by atoms with Crippen LogP contribution in [0.4, 0.5) is 5.69 Å². The van der Waals surface area contributed by atoms with Crippen LogP contribution in [0, 0.1) is 11.3 Å². The van der Waals surface area contributed by atoms with E-state index < -0.39 is 11.9 Å². The minimum Gasteiger partial charge on any atom is -0.508 e. The highest BCUT2D eigenvalue weighted by atomic mass is 16.5. The smallest absolute Gasteiger partial charge is 0.325 e. The van der Waals surface area contributed by atoms with E-state index in [1.165, 1.54) is 31.4 Å². The van der Waals surface area contributed by atoms with Crippen LogP contribution in [0.1, 0.15) is 0 Å². The molecule has 0 fully saturated rings. The minimum absolute atomic E-state index is 0.0683. The SMILES string of the molecule is COC(=O)CN/C=C(/C#N)C(=O)Nc1ccc(O)cc1. The van der Waals surface area contributed by atoms with Gasteiger partial charge in [0.2, 0.25) is 0 Å². The van der Waals surface area contributed by atoms with Crippen LogP contribution in [-0.4, -0.2) is 30.6 Å². The monoisotopic (exact) mass is 275 g/mol. The number of phenolic OH excluding ortho intramolecular Hbond substituents is 1. The lowest BCUT2D eigenvalue weighted by atomic mass is 10.2. The third kappa shape index (κ3) is 4.70. The number of esters is 1. The van der Waals surface area contributed by atoms with Crippen LogP contribution in [0.25, 0.3) is 0 Å². The predicted octanol–water partition coefficient (Wildman–Crippen LogP) is 0.501. The van der Waals surface area contributed by atoms with Gasteiger partial charge in [0.1, 0.15) is 23.9 Å². The number of hydrogen-bond acceptors (Lipinski definition) is 6. The van der Waals surface area contributed by atoms with Crippen molar-refractivity contribution in [3.8, 4) is 11.8 Å². The normalized spacial score (nSPS) is 10.3. The van der Waals surface area contributed by atoms with Gasteiger partial charge in [0, 0.05) is 11.9 Å². The van der Waals surface area contributed by atoms with Crippen LogP contribution in [0.3, 0.4) is 0 Å². The standard InChI is InChI=1S/C13H13N3O4/c1-20-12(18)8-15-7-9(6-14)13(19)16-10-2-4-11(17)5-3-10/h2-5,7,15,17H,8H2,1H3,(H,16,19)/b9-7-. The third-order valence-corrected chi connectivity index (χ3v) is 2.21. The Hall–Kier alpha value is -3.01. The molecule has 0 heterocycles. The van der Waals surface area contributed by atoms with Gasteiger partial charge < -0.3 is 20.5 Å². The van der Waals surface area contributed by atoms with Crippen molar-refractivity contribution in [3.63, 3.8) is 0 Å².